The molecule has 1 aliphatic rings. The average molecular weight is 330 g/mol. The first kappa shape index (κ1) is 16.7. The summed E-state index contributed by atoms with van der Waals surface area (Å²) in [5, 5.41) is 4.17. The molecule has 0 unspecified atom stereocenters. The first-order valence-electron chi connectivity index (χ1n) is 8.66. The normalized spacial score (nSPS) is 16.3. The van der Waals surface area contributed by atoms with E-state index in [2.05, 4.69) is 19.5 Å². The third-order valence-corrected chi connectivity index (χ3v) is 4.56. The predicted octanol–water partition coefficient (Wildman–Crippen LogP) is 1.13. The number of rotatable bonds is 6. The van der Waals surface area contributed by atoms with E-state index in [1.165, 1.54) is 0 Å². The van der Waals surface area contributed by atoms with Crippen molar-refractivity contribution < 1.29 is 4.79 Å². The molecular weight excluding hydrogens is 304 g/mol. The van der Waals surface area contributed by atoms with Crippen LogP contribution in [0.1, 0.15) is 25.1 Å². The molecular formula is C17H26N6O. The van der Waals surface area contributed by atoms with Crippen molar-refractivity contribution in [3.63, 3.8) is 0 Å². The first-order chi connectivity index (χ1) is 11.7. The van der Waals surface area contributed by atoms with Gasteiger partial charge in [-0.25, -0.2) is 4.98 Å². The van der Waals surface area contributed by atoms with Crippen LogP contribution in [0.15, 0.2) is 30.9 Å². The molecule has 1 saturated heterocycles. The van der Waals surface area contributed by atoms with Crippen molar-refractivity contribution >= 4 is 5.91 Å². The van der Waals surface area contributed by atoms with Crippen LogP contribution >= 0.6 is 0 Å². The Balaban J connectivity index is 1.42. The third-order valence-electron chi connectivity index (χ3n) is 4.56. The molecule has 2 aromatic heterocycles. The molecule has 0 aliphatic carbocycles. The fraction of sp³-hybridized carbons (Fsp3) is 0.588. The number of hydrogen-bond acceptors (Lipinski definition) is 4. The zero-order valence-electron chi connectivity index (χ0n) is 14.3. The lowest BCUT2D eigenvalue weighted by molar-refractivity contribution is -0.131. The van der Waals surface area contributed by atoms with Gasteiger partial charge in [-0.3, -0.25) is 14.4 Å². The van der Waals surface area contributed by atoms with Crippen molar-refractivity contribution in [2.45, 2.75) is 32.4 Å². The number of hydrogen-bond donors (Lipinski definition) is 0. The van der Waals surface area contributed by atoms with E-state index in [-0.39, 0.29) is 5.91 Å². The molecule has 1 amide bonds. The van der Waals surface area contributed by atoms with Gasteiger partial charge in [-0.1, -0.05) is 0 Å². The minimum Gasteiger partial charge on any atom is -0.341 e. The topological polar surface area (TPSA) is 59.2 Å². The molecule has 0 N–H and O–H groups in total. The fourth-order valence-electron chi connectivity index (χ4n) is 3.11. The van der Waals surface area contributed by atoms with E-state index in [1.54, 1.807) is 6.20 Å². The smallest absolute Gasteiger partial charge is 0.222 e. The van der Waals surface area contributed by atoms with Gasteiger partial charge in [0, 0.05) is 71.0 Å². The summed E-state index contributed by atoms with van der Waals surface area (Å²) in [6.07, 6.45) is 9.98. The van der Waals surface area contributed by atoms with Gasteiger partial charge in [0.15, 0.2) is 0 Å². The number of imidazole rings is 1. The van der Waals surface area contributed by atoms with Gasteiger partial charge in [0.1, 0.15) is 5.82 Å². The van der Waals surface area contributed by atoms with Crippen molar-refractivity contribution in [2.24, 2.45) is 7.05 Å². The van der Waals surface area contributed by atoms with Crippen molar-refractivity contribution in [3.05, 3.63) is 36.7 Å². The molecule has 2 aromatic rings. The van der Waals surface area contributed by atoms with Gasteiger partial charge in [-0.2, -0.15) is 5.10 Å². The Morgan fingerprint density at radius 3 is 2.83 bits per heavy atom. The maximum absolute atomic E-state index is 12.4. The quantitative estimate of drug-likeness (QED) is 0.797. The van der Waals surface area contributed by atoms with Crippen molar-refractivity contribution in [1.29, 1.82) is 0 Å². The highest BCUT2D eigenvalue weighted by Gasteiger charge is 2.19. The summed E-state index contributed by atoms with van der Waals surface area (Å²) in [4.78, 5) is 21.2. The van der Waals surface area contributed by atoms with Gasteiger partial charge in [0.25, 0.3) is 0 Å². The molecule has 0 spiro atoms. The highest BCUT2D eigenvalue weighted by molar-refractivity contribution is 5.76. The van der Waals surface area contributed by atoms with E-state index in [0.717, 1.165) is 57.9 Å². The second-order valence-electron chi connectivity index (χ2n) is 6.34. The van der Waals surface area contributed by atoms with Crippen LogP contribution in [0.25, 0.3) is 0 Å². The summed E-state index contributed by atoms with van der Waals surface area (Å²) in [6.45, 7) is 5.26. The van der Waals surface area contributed by atoms with Crippen LogP contribution in [0, 0.1) is 0 Å². The lowest BCUT2D eigenvalue weighted by Crippen LogP contribution is -2.35. The van der Waals surface area contributed by atoms with Crippen molar-refractivity contribution in [3.8, 4) is 0 Å². The number of nitrogens with zero attached hydrogens (tertiary/aromatic N) is 6. The molecule has 7 heteroatoms. The highest BCUT2D eigenvalue weighted by atomic mass is 16.2. The first-order valence-corrected chi connectivity index (χ1v) is 8.66. The summed E-state index contributed by atoms with van der Waals surface area (Å²) in [5.41, 5.74) is 0. The lowest BCUT2D eigenvalue weighted by atomic mass is 10.2. The molecule has 0 saturated carbocycles. The summed E-state index contributed by atoms with van der Waals surface area (Å²) in [6, 6.07) is 1.91. The molecule has 3 rings (SSSR count). The van der Waals surface area contributed by atoms with Gasteiger partial charge in [0.2, 0.25) is 5.91 Å². The molecule has 0 aromatic carbocycles. The number of carbonyl (C=O) groups excluding carboxylic acids is 1. The molecule has 0 bridgehead atoms. The Labute approximate surface area is 142 Å². The SMILES string of the molecule is Cn1ccnc1CN1CCCN(C(=O)CCCn2cccn2)CC1. The zero-order chi connectivity index (χ0) is 16.8. The molecule has 0 radical (unpaired) electrons. The molecule has 7 nitrogen and oxygen atoms in total. The summed E-state index contributed by atoms with van der Waals surface area (Å²) < 4.78 is 3.94. The van der Waals surface area contributed by atoms with E-state index >= 15 is 0 Å². The van der Waals surface area contributed by atoms with E-state index in [0.29, 0.717) is 6.42 Å². The summed E-state index contributed by atoms with van der Waals surface area (Å²) in [7, 11) is 2.02. The van der Waals surface area contributed by atoms with Crippen molar-refractivity contribution in [1.82, 2.24) is 29.1 Å². The Kier molecular flexibility index (Phi) is 5.63. The van der Waals surface area contributed by atoms with Crippen LogP contribution in [0.3, 0.4) is 0 Å². The second-order valence-corrected chi connectivity index (χ2v) is 6.34. The third kappa shape index (κ3) is 4.44. The van der Waals surface area contributed by atoms with Crippen LogP contribution in [-0.4, -0.2) is 61.2 Å². The number of amides is 1. The maximum atomic E-state index is 12.4. The number of carbonyl (C=O) groups is 1. The molecule has 130 valence electrons. The summed E-state index contributed by atoms with van der Waals surface area (Å²) >= 11 is 0. The highest BCUT2D eigenvalue weighted by Crippen LogP contribution is 2.09. The number of aromatic nitrogens is 4. The van der Waals surface area contributed by atoms with Crippen LogP contribution in [0.2, 0.25) is 0 Å². The van der Waals surface area contributed by atoms with E-state index < -0.39 is 0 Å². The van der Waals surface area contributed by atoms with E-state index in [1.807, 2.05) is 41.3 Å². The Morgan fingerprint density at radius 2 is 2.08 bits per heavy atom. The standard InChI is InChI=1S/C17H26N6O/c1-20-12-7-18-16(20)15-21-8-4-9-22(14-13-21)17(24)5-2-10-23-11-3-6-19-23/h3,6-7,11-12H,2,4-5,8-10,13-15H2,1H3. The maximum Gasteiger partial charge on any atom is 0.222 e. The predicted molar refractivity (Wildman–Crippen MR) is 91.1 cm³/mol. The average Bonchev–Trinajstić information content (AvgIpc) is 3.16. The van der Waals surface area contributed by atoms with E-state index in [4.69, 9.17) is 0 Å². The zero-order valence-corrected chi connectivity index (χ0v) is 14.3. The van der Waals surface area contributed by atoms with Crippen LogP contribution in [0.5, 0.6) is 0 Å². The molecule has 0 atom stereocenters. The Bertz CT molecular complexity index is 635. The summed E-state index contributed by atoms with van der Waals surface area (Å²) in [5.74, 6) is 1.34. The largest absolute Gasteiger partial charge is 0.341 e. The van der Waals surface area contributed by atoms with Gasteiger partial charge in [-0.05, 0) is 18.9 Å². The molecule has 3 heterocycles. The molecule has 1 aliphatic heterocycles. The van der Waals surface area contributed by atoms with E-state index in [9.17, 15) is 4.79 Å². The van der Waals surface area contributed by atoms with Gasteiger partial charge in [0.05, 0.1) is 6.54 Å². The Hall–Kier alpha value is -2.15. The molecule has 1 fully saturated rings. The minimum atomic E-state index is 0.265. The van der Waals surface area contributed by atoms with Crippen LogP contribution in [0.4, 0.5) is 0 Å². The minimum absolute atomic E-state index is 0.265. The van der Waals surface area contributed by atoms with Gasteiger partial charge < -0.3 is 9.47 Å². The molecule has 24 heavy (non-hydrogen) atoms. The van der Waals surface area contributed by atoms with Crippen LogP contribution < -0.4 is 0 Å². The van der Waals surface area contributed by atoms with Gasteiger partial charge >= 0.3 is 0 Å². The monoisotopic (exact) mass is 330 g/mol. The lowest BCUT2D eigenvalue weighted by Gasteiger charge is -2.22. The Morgan fingerprint density at radius 1 is 1.17 bits per heavy atom. The van der Waals surface area contributed by atoms with Gasteiger partial charge in [-0.15, -0.1) is 0 Å². The van der Waals surface area contributed by atoms with Crippen molar-refractivity contribution in [2.75, 3.05) is 26.2 Å². The number of aryl methyl sites for hydroxylation is 2. The van der Waals surface area contributed by atoms with Crippen LogP contribution in [-0.2, 0) is 24.9 Å². The second kappa shape index (κ2) is 8.10. The fourth-order valence-corrected chi connectivity index (χ4v) is 3.11.